The second kappa shape index (κ2) is 9.08. The van der Waals surface area contributed by atoms with E-state index >= 15 is 0 Å². The molecule has 2 heterocycles. The van der Waals surface area contributed by atoms with Crippen LogP contribution >= 0.6 is 11.8 Å². The number of carbonyl (C=O) groups excluding carboxylic acids is 1. The van der Waals surface area contributed by atoms with E-state index in [9.17, 15) is 4.79 Å². The molecule has 7 heteroatoms. The van der Waals surface area contributed by atoms with Crippen molar-refractivity contribution < 1.29 is 9.53 Å². The van der Waals surface area contributed by atoms with E-state index in [1.165, 1.54) is 34.0 Å². The maximum absolute atomic E-state index is 13.1. The first kappa shape index (κ1) is 21.2. The van der Waals surface area contributed by atoms with E-state index in [4.69, 9.17) is 4.74 Å². The van der Waals surface area contributed by atoms with E-state index in [2.05, 4.69) is 69.9 Å². The van der Waals surface area contributed by atoms with Crippen LogP contribution < -0.4 is 4.90 Å². The average molecular weight is 449 g/mol. The minimum absolute atomic E-state index is 0.120. The molecule has 0 amide bonds. The summed E-state index contributed by atoms with van der Waals surface area (Å²) in [4.78, 5) is 15.3. The van der Waals surface area contributed by atoms with Gasteiger partial charge in [0.05, 0.1) is 19.0 Å². The molecule has 5 rings (SSSR count). The van der Waals surface area contributed by atoms with Gasteiger partial charge in [-0.2, -0.15) is 0 Å². The molecule has 2 aliphatic rings. The van der Waals surface area contributed by atoms with Crippen LogP contribution in [-0.4, -0.2) is 52.6 Å². The Morgan fingerprint density at radius 1 is 1.06 bits per heavy atom. The third kappa shape index (κ3) is 4.19. The highest BCUT2D eigenvalue weighted by atomic mass is 32.2. The van der Waals surface area contributed by atoms with Crippen molar-refractivity contribution in [1.82, 2.24) is 14.8 Å². The van der Waals surface area contributed by atoms with E-state index in [-0.39, 0.29) is 5.78 Å². The quantitative estimate of drug-likeness (QED) is 0.310. The number of ketones is 1. The third-order valence-electron chi connectivity index (χ3n) is 5.99. The van der Waals surface area contributed by atoms with Crippen molar-refractivity contribution in [2.45, 2.75) is 32.0 Å². The molecule has 0 saturated carbocycles. The molecule has 0 N–H and O–H groups in total. The van der Waals surface area contributed by atoms with Gasteiger partial charge in [0.25, 0.3) is 0 Å². The van der Waals surface area contributed by atoms with E-state index in [1.54, 1.807) is 0 Å². The number of thioether (sulfide) groups is 1. The van der Waals surface area contributed by atoms with Gasteiger partial charge in [-0.3, -0.25) is 9.36 Å². The fourth-order valence-electron chi connectivity index (χ4n) is 4.42. The van der Waals surface area contributed by atoms with Gasteiger partial charge >= 0.3 is 0 Å². The largest absolute Gasteiger partial charge is 0.378 e. The number of hydrogen-bond donors (Lipinski definition) is 0. The summed E-state index contributed by atoms with van der Waals surface area (Å²) in [7, 11) is 0. The molecule has 32 heavy (non-hydrogen) atoms. The number of aromatic nitrogens is 3. The Morgan fingerprint density at radius 2 is 1.84 bits per heavy atom. The van der Waals surface area contributed by atoms with Gasteiger partial charge in [0.1, 0.15) is 0 Å². The van der Waals surface area contributed by atoms with Crippen LogP contribution in [0.2, 0.25) is 0 Å². The number of ether oxygens (including phenoxy) is 1. The summed E-state index contributed by atoms with van der Waals surface area (Å²) in [6.45, 7) is 8.24. The van der Waals surface area contributed by atoms with Gasteiger partial charge in [0, 0.05) is 25.2 Å². The lowest BCUT2D eigenvalue weighted by atomic mass is 10.0. The van der Waals surface area contributed by atoms with Gasteiger partial charge in [0.2, 0.25) is 5.95 Å². The zero-order valence-electron chi connectivity index (χ0n) is 18.6. The van der Waals surface area contributed by atoms with Gasteiger partial charge in [-0.15, -0.1) is 10.2 Å². The number of benzene rings is 2. The number of Topliss-reactive ketones (excluding diaryl/α,β-unsaturated/α-hetero) is 1. The molecular weight excluding hydrogens is 420 g/mol. The first-order valence-electron chi connectivity index (χ1n) is 11.2. The zero-order chi connectivity index (χ0) is 22.1. The Kier molecular flexibility index (Phi) is 6.02. The summed E-state index contributed by atoms with van der Waals surface area (Å²) in [6.07, 6.45) is 0.942. The highest BCUT2D eigenvalue weighted by Gasteiger charge is 2.23. The number of hydrogen-bond acceptors (Lipinski definition) is 6. The number of nitrogens with zero attached hydrogens (tertiary/aromatic N) is 4. The molecule has 0 radical (unpaired) electrons. The smallest absolute Gasteiger partial charge is 0.228 e. The Balaban J connectivity index is 1.33. The monoisotopic (exact) mass is 448 g/mol. The molecule has 0 bridgehead atoms. The molecule has 6 nitrogen and oxygen atoms in total. The molecule has 1 fully saturated rings. The van der Waals surface area contributed by atoms with Crippen LogP contribution in [0, 0.1) is 5.92 Å². The van der Waals surface area contributed by atoms with Gasteiger partial charge in [-0.05, 0) is 40.7 Å². The summed E-state index contributed by atoms with van der Waals surface area (Å²) >= 11 is 1.48. The summed E-state index contributed by atoms with van der Waals surface area (Å²) < 4.78 is 7.64. The second-order valence-corrected chi connectivity index (χ2v) is 9.75. The number of fused-ring (bicyclic) bond motifs is 3. The fraction of sp³-hybridized carbons (Fsp3) is 0.400. The minimum Gasteiger partial charge on any atom is -0.378 e. The predicted molar refractivity (Wildman–Crippen MR) is 128 cm³/mol. The van der Waals surface area contributed by atoms with Crippen LogP contribution in [0.3, 0.4) is 0 Å². The maximum atomic E-state index is 13.1. The Hall–Kier alpha value is -2.64. The van der Waals surface area contributed by atoms with Crippen LogP contribution in [0.1, 0.15) is 35.3 Å². The maximum Gasteiger partial charge on any atom is 0.228 e. The van der Waals surface area contributed by atoms with Crippen LogP contribution in [0.4, 0.5) is 5.95 Å². The standard InChI is InChI=1S/C25H28N4O2S/c1-17(2)15-29-24(28-9-11-31-12-10-28)26-27-25(29)32-16-23(30)20-8-7-19-13-18-5-3-4-6-21(18)22(19)14-20/h3-8,14,17H,9-13,15-16H2,1-2H3. The van der Waals surface area contributed by atoms with Gasteiger partial charge in [0.15, 0.2) is 10.9 Å². The van der Waals surface area contributed by atoms with Crippen molar-refractivity contribution in [3.05, 3.63) is 59.2 Å². The number of carbonyl (C=O) groups is 1. The van der Waals surface area contributed by atoms with E-state index < -0.39 is 0 Å². The highest BCUT2D eigenvalue weighted by Crippen LogP contribution is 2.37. The normalized spacial score (nSPS) is 15.2. The minimum atomic E-state index is 0.120. The molecule has 0 atom stereocenters. The molecule has 3 aromatic rings. The Labute approximate surface area is 193 Å². The molecule has 1 aliphatic heterocycles. The molecule has 1 aromatic heterocycles. The van der Waals surface area contributed by atoms with Gasteiger partial charge in [-0.1, -0.05) is 62.0 Å². The summed E-state index contributed by atoms with van der Waals surface area (Å²) in [5, 5.41) is 9.71. The molecule has 0 unspecified atom stereocenters. The van der Waals surface area contributed by atoms with E-state index in [1.807, 2.05) is 6.07 Å². The van der Waals surface area contributed by atoms with Gasteiger partial charge < -0.3 is 9.64 Å². The lowest BCUT2D eigenvalue weighted by Gasteiger charge is -2.28. The number of anilines is 1. The van der Waals surface area contributed by atoms with Crippen molar-refractivity contribution in [2.75, 3.05) is 37.0 Å². The predicted octanol–water partition coefficient (Wildman–Crippen LogP) is 4.32. The second-order valence-electron chi connectivity index (χ2n) is 8.80. The Bertz CT molecular complexity index is 1130. The fourth-order valence-corrected chi connectivity index (χ4v) is 5.26. The van der Waals surface area contributed by atoms with E-state index in [0.717, 1.165) is 42.7 Å². The Morgan fingerprint density at radius 3 is 2.66 bits per heavy atom. The summed E-state index contributed by atoms with van der Waals surface area (Å²) in [6, 6.07) is 14.6. The van der Waals surface area contributed by atoms with Crippen LogP contribution in [0.15, 0.2) is 47.6 Å². The first-order valence-corrected chi connectivity index (χ1v) is 12.2. The summed E-state index contributed by atoms with van der Waals surface area (Å²) in [5.74, 6) is 1.80. The van der Waals surface area contributed by atoms with E-state index in [0.29, 0.717) is 24.9 Å². The molecule has 0 spiro atoms. The topological polar surface area (TPSA) is 60.2 Å². The summed E-state index contributed by atoms with van der Waals surface area (Å²) in [5.41, 5.74) is 5.82. The highest BCUT2D eigenvalue weighted by molar-refractivity contribution is 7.99. The first-order chi connectivity index (χ1) is 15.6. The van der Waals surface area contributed by atoms with Crippen molar-refractivity contribution in [3.8, 4) is 11.1 Å². The number of rotatable bonds is 7. The van der Waals surface area contributed by atoms with Crippen molar-refractivity contribution in [3.63, 3.8) is 0 Å². The van der Waals surface area contributed by atoms with Crippen LogP contribution in [0.25, 0.3) is 11.1 Å². The van der Waals surface area contributed by atoms with Crippen LogP contribution in [0.5, 0.6) is 0 Å². The van der Waals surface area contributed by atoms with Crippen molar-refractivity contribution in [1.29, 1.82) is 0 Å². The zero-order valence-corrected chi connectivity index (χ0v) is 19.4. The van der Waals surface area contributed by atoms with Crippen LogP contribution in [-0.2, 0) is 17.7 Å². The molecular formula is C25H28N4O2S. The average Bonchev–Trinajstić information content (AvgIpc) is 3.38. The lowest BCUT2D eigenvalue weighted by Crippen LogP contribution is -2.38. The third-order valence-corrected chi connectivity index (χ3v) is 6.96. The molecule has 1 saturated heterocycles. The molecule has 2 aromatic carbocycles. The lowest BCUT2D eigenvalue weighted by molar-refractivity contribution is 0.102. The SMILES string of the molecule is CC(C)Cn1c(SCC(=O)c2ccc3c(c2)-c2ccccc2C3)nnc1N1CCOCC1. The van der Waals surface area contributed by atoms with Crippen molar-refractivity contribution >= 4 is 23.5 Å². The molecule has 1 aliphatic carbocycles. The number of morpholine rings is 1. The van der Waals surface area contributed by atoms with Gasteiger partial charge in [-0.25, -0.2) is 0 Å². The van der Waals surface area contributed by atoms with Crippen molar-refractivity contribution in [2.24, 2.45) is 5.92 Å². The molecule has 166 valence electrons.